The Hall–Kier alpha value is -2.11. The zero-order valence-electron chi connectivity index (χ0n) is 18.0. The molecular formula is C25H35N3O2. The van der Waals surface area contributed by atoms with Crippen LogP contribution >= 0.6 is 0 Å². The molecule has 0 spiro atoms. The minimum Gasteiger partial charge on any atom is -0.468 e. The van der Waals surface area contributed by atoms with Gasteiger partial charge in [0.2, 0.25) is 5.91 Å². The molecule has 2 aromatic rings. The maximum absolute atomic E-state index is 12.8. The number of furan rings is 1. The van der Waals surface area contributed by atoms with Crippen LogP contribution in [0, 0.1) is 5.92 Å². The zero-order chi connectivity index (χ0) is 20.6. The highest BCUT2D eigenvalue weighted by atomic mass is 16.3. The Bertz CT molecular complexity index is 754. The van der Waals surface area contributed by atoms with E-state index >= 15 is 0 Å². The van der Waals surface area contributed by atoms with Crippen LogP contribution in [0.25, 0.3) is 0 Å². The number of carbonyl (C=O) groups excluding carboxylic acids is 1. The first-order valence-corrected chi connectivity index (χ1v) is 11.6. The summed E-state index contributed by atoms with van der Waals surface area (Å²) in [5.41, 5.74) is 1.41. The second kappa shape index (κ2) is 10.8. The molecule has 1 N–H and O–H groups in total. The topological polar surface area (TPSA) is 48.7 Å². The fourth-order valence-electron chi connectivity index (χ4n) is 4.82. The number of benzene rings is 1. The molecule has 2 saturated heterocycles. The van der Waals surface area contributed by atoms with Crippen molar-refractivity contribution in [2.75, 3.05) is 32.7 Å². The van der Waals surface area contributed by atoms with Crippen molar-refractivity contribution in [3.05, 3.63) is 60.1 Å². The predicted octanol–water partition coefficient (Wildman–Crippen LogP) is 3.71. The highest BCUT2D eigenvalue weighted by molar-refractivity contribution is 5.79. The van der Waals surface area contributed by atoms with Gasteiger partial charge in [-0.3, -0.25) is 9.69 Å². The van der Waals surface area contributed by atoms with E-state index in [1.54, 1.807) is 6.26 Å². The predicted molar refractivity (Wildman–Crippen MR) is 119 cm³/mol. The summed E-state index contributed by atoms with van der Waals surface area (Å²) in [5, 5.41) is 3.37. The van der Waals surface area contributed by atoms with Gasteiger partial charge in [0.25, 0.3) is 0 Å². The molecule has 0 aliphatic carbocycles. The number of hydrogen-bond acceptors (Lipinski definition) is 4. The SMILES string of the molecule is O=C(NC1CCCN(CCCc2ccccc2)C1)C1CCN(Cc2ccco2)CC1. The third-order valence-electron chi connectivity index (χ3n) is 6.55. The van der Waals surface area contributed by atoms with E-state index in [2.05, 4.69) is 45.4 Å². The van der Waals surface area contributed by atoms with Gasteiger partial charge >= 0.3 is 0 Å². The van der Waals surface area contributed by atoms with Crippen LogP contribution in [0.3, 0.4) is 0 Å². The highest BCUT2D eigenvalue weighted by Gasteiger charge is 2.28. The van der Waals surface area contributed by atoms with E-state index in [4.69, 9.17) is 4.42 Å². The molecule has 1 atom stereocenters. The molecule has 0 bridgehead atoms. The minimum atomic E-state index is 0.159. The molecule has 30 heavy (non-hydrogen) atoms. The Labute approximate surface area is 180 Å². The number of piperidine rings is 2. The third kappa shape index (κ3) is 6.19. The summed E-state index contributed by atoms with van der Waals surface area (Å²) in [7, 11) is 0. The van der Waals surface area contributed by atoms with Crippen LogP contribution in [-0.4, -0.2) is 54.5 Å². The van der Waals surface area contributed by atoms with Crippen LogP contribution in [-0.2, 0) is 17.8 Å². The average Bonchev–Trinajstić information content (AvgIpc) is 3.28. The van der Waals surface area contributed by atoms with Gasteiger partial charge in [0.05, 0.1) is 12.8 Å². The Morgan fingerprint density at radius 1 is 1.00 bits per heavy atom. The molecule has 2 fully saturated rings. The Kier molecular flexibility index (Phi) is 7.59. The molecule has 1 amide bonds. The van der Waals surface area contributed by atoms with Crippen LogP contribution in [0.5, 0.6) is 0 Å². The van der Waals surface area contributed by atoms with Gasteiger partial charge in [0.1, 0.15) is 5.76 Å². The van der Waals surface area contributed by atoms with E-state index in [1.807, 2.05) is 12.1 Å². The fraction of sp³-hybridized carbons (Fsp3) is 0.560. The van der Waals surface area contributed by atoms with Gasteiger partial charge in [-0.1, -0.05) is 30.3 Å². The van der Waals surface area contributed by atoms with Gasteiger partial charge in [-0.25, -0.2) is 0 Å². The first-order valence-electron chi connectivity index (χ1n) is 11.6. The van der Waals surface area contributed by atoms with Crippen LogP contribution in [0.1, 0.15) is 43.4 Å². The summed E-state index contributed by atoms with van der Waals surface area (Å²) in [6.07, 6.45) is 8.21. The first-order chi connectivity index (χ1) is 14.8. The second-order valence-electron chi connectivity index (χ2n) is 8.87. The molecule has 162 valence electrons. The number of nitrogens with zero attached hydrogens (tertiary/aromatic N) is 2. The number of likely N-dealkylation sites (tertiary alicyclic amines) is 2. The van der Waals surface area contributed by atoms with E-state index in [0.717, 1.165) is 70.7 Å². The van der Waals surface area contributed by atoms with E-state index in [-0.39, 0.29) is 11.8 Å². The summed E-state index contributed by atoms with van der Waals surface area (Å²) in [6.45, 7) is 6.06. The zero-order valence-corrected chi connectivity index (χ0v) is 18.0. The normalized spacial score (nSPS) is 21.5. The lowest BCUT2D eigenvalue weighted by Gasteiger charge is -2.35. The fourth-order valence-corrected chi connectivity index (χ4v) is 4.82. The molecule has 4 rings (SSSR count). The van der Waals surface area contributed by atoms with Gasteiger partial charge < -0.3 is 14.6 Å². The van der Waals surface area contributed by atoms with Crippen molar-refractivity contribution in [2.24, 2.45) is 5.92 Å². The molecule has 1 aromatic carbocycles. The standard InChI is InChI=1S/C25H35N3O2/c29-25(22-12-16-28(17-13-22)20-24-11-6-18-30-24)26-23-10-5-15-27(19-23)14-4-9-21-7-2-1-3-8-21/h1-3,6-8,11,18,22-23H,4-5,9-10,12-17,19-20H2,(H,26,29). The smallest absolute Gasteiger partial charge is 0.223 e. The maximum Gasteiger partial charge on any atom is 0.223 e. The summed E-state index contributed by atoms with van der Waals surface area (Å²) < 4.78 is 5.45. The maximum atomic E-state index is 12.8. The lowest BCUT2D eigenvalue weighted by atomic mass is 9.94. The number of nitrogens with one attached hydrogen (secondary N) is 1. The van der Waals surface area contributed by atoms with E-state index in [9.17, 15) is 4.79 Å². The molecular weight excluding hydrogens is 374 g/mol. The monoisotopic (exact) mass is 409 g/mol. The first kappa shape index (κ1) is 21.1. The second-order valence-corrected chi connectivity index (χ2v) is 8.87. The van der Waals surface area contributed by atoms with E-state index in [0.29, 0.717) is 6.04 Å². The Morgan fingerprint density at radius 2 is 1.83 bits per heavy atom. The van der Waals surface area contributed by atoms with Crippen molar-refractivity contribution in [1.29, 1.82) is 0 Å². The number of aryl methyl sites for hydroxylation is 1. The molecule has 5 heteroatoms. The van der Waals surface area contributed by atoms with Crippen molar-refractivity contribution >= 4 is 5.91 Å². The quantitative estimate of drug-likeness (QED) is 0.722. The largest absolute Gasteiger partial charge is 0.468 e. The Balaban J connectivity index is 1.15. The molecule has 0 radical (unpaired) electrons. The van der Waals surface area contributed by atoms with Gasteiger partial charge in [0.15, 0.2) is 0 Å². The lowest BCUT2D eigenvalue weighted by Crippen LogP contribution is -2.50. The average molecular weight is 410 g/mol. The molecule has 5 nitrogen and oxygen atoms in total. The van der Waals surface area contributed by atoms with Gasteiger partial charge in [-0.05, 0) is 82.4 Å². The number of carbonyl (C=O) groups is 1. The van der Waals surface area contributed by atoms with Crippen LogP contribution < -0.4 is 5.32 Å². The molecule has 2 aliphatic rings. The Morgan fingerprint density at radius 3 is 2.60 bits per heavy atom. The van der Waals surface area contributed by atoms with E-state index < -0.39 is 0 Å². The summed E-state index contributed by atoms with van der Waals surface area (Å²) in [4.78, 5) is 17.7. The molecule has 0 saturated carbocycles. The summed E-state index contributed by atoms with van der Waals surface area (Å²) in [5.74, 6) is 1.43. The molecule has 1 aromatic heterocycles. The number of amides is 1. The summed E-state index contributed by atoms with van der Waals surface area (Å²) >= 11 is 0. The number of hydrogen-bond donors (Lipinski definition) is 1. The molecule has 2 aliphatic heterocycles. The van der Waals surface area contributed by atoms with Crippen molar-refractivity contribution in [3.8, 4) is 0 Å². The number of rotatable bonds is 8. The van der Waals surface area contributed by atoms with Crippen molar-refractivity contribution in [1.82, 2.24) is 15.1 Å². The summed E-state index contributed by atoms with van der Waals surface area (Å²) in [6, 6.07) is 15.0. The molecule has 1 unspecified atom stereocenters. The minimum absolute atomic E-state index is 0.159. The van der Waals surface area contributed by atoms with Crippen molar-refractivity contribution in [3.63, 3.8) is 0 Å². The van der Waals surface area contributed by atoms with Gasteiger partial charge in [0, 0.05) is 18.5 Å². The van der Waals surface area contributed by atoms with Gasteiger partial charge in [-0.15, -0.1) is 0 Å². The van der Waals surface area contributed by atoms with Crippen LogP contribution in [0.15, 0.2) is 53.1 Å². The highest BCUT2D eigenvalue weighted by Crippen LogP contribution is 2.20. The van der Waals surface area contributed by atoms with Crippen LogP contribution in [0.4, 0.5) is 0 Å². The third-order valence-corrected chi connectivity index (χ3v) is 6.55. The van der Waals surface area contributed by atoms with E-state index in [1.165, 1.54) is 18.4 Å². The van der Waals surface area contributed by atoms with Crippen molar-refractivity contribution < 1.29 is 9.21 Å². The molecule has 3 heterocycles. The lowest BCUT2D eigenvalue weighted by molar-refractivity contribution is -0.127. The van der Waals surface area contributed by atoms with Crippen LogP contribution in [0.2, 0.25) is 0 Å². The van der Waals surface area contributed by atoms with Crippen molar-refractivity contribution in [2.45, 2.75) is 51.1 Å². The van der Waals surface area contributed by atoms with Gasteiger partial charge in [-0.2, -0.15) is 0 Å².